The van der Waals surface area contributed by atoms with Crippen LogP contribution >= 0.6 is 0 Å². The van der Waals surface area contributed by atoms with Crippen LogP contribution in [0.5, 0.6) is 5.75 Å². The lowest BCUT2D eigenvalue weighted by Gasteiger charge is -2.16. The smallest absolute Gasteiger partial charge is 0.302 e. The first-order valence-corrected chi connectivity index (χ1v) is 8.22. The van der Waals surface area contributed by atoms with Crippen molar-refractivity contribution in [3.63, 3.8) is 0 Å². The van der Waals surface area contributed by atoms with Crippen LogP contribution in [0.3, 0.4) is 0 Å². The van der Waals surface area contributed by atoms with Crippen LogP contribution < -0.4 is 4.74 Å². The van der Waals surface area contributed by atoms with Crippen molar-refractivity contribution >= 4 is 5.97 Å². The van der Waals surface area contributed by atoms with Crippen molar-refractivity contribution in [2.75, 3.05) is 13.7 Å². The van der Waals surface area contributed by atoms with Gasteiger partial charge in [-0.15, -0.1) is 0 Å². The summed E-state index contributed by atoms with van der Waals surface area (Å²) in [5.41, 5.74) is 2.39. The number of nitrogens with zero attached hydrogens (tertiary/aromatic N) is 1. The fourth-order valence-electron chi connectivity index (χ4n) is 3.39. The topological polar surface area (TPSA) is 38.5 Å². The number of hydrogen-bond acceptors (Lipinski definition) is 4. The molecule has 1 saturated heterocycles. The molecule has 1 fully saturated rings. The molecule has 0 spiro atoms. The first kappa shape index (κ1) is 16.5. The third kappa shape index (κ3) is 3.29. The lowest BCUT2D eigenvalue weighted by atomic mass is 10.1. The maximum Gasteiger partial charge on any atom is 0.302 e. The van der Waals surface area contributed by atoms with Crippen molar-refractivity contribution < 1.29 is 14.3 Å². The third-order valence-corrected chi connectivity index (χ3v) is 4.62. The van der Waals surface area contributed by atoms with Gasteiger partial charge in [0, 0.05) is 18.5 Å². The van der Waals surface area contributed by atoms with Gasteiger partial charge in [0.2, 0.25) is 0 Å². The molecule has 2 aromatic carbocycles. The lowest BCUT2D eigenvalue weighted by Crippen LogP contribution is -2.14. The van der Waals surface area contributed by atoms with Gasteiger partial charge >= 0.3 is 5.97 Å². The molecular formula is C20H23NO3. The number of ether oxygens (including phenoxy) is 2. The van der Waals surface area contributed by atoms with Gasteiger partial charge in [0.15, 0.2) is 0 Å². The van der Waals surface area contributed by atoms with Crippen LogP contribution in [0, 0.1) is 0 Å². The van der Waals surface area contributed by atoms with Crippen LogP contribution in [0.25, 0.3) is 0 Å². The molecule has 4 nitrogen and oxygen atoms in total. The Morgan fingerprint density at radius 3 is 2.46 bits per heavy atom. The van der Waals surface area contributed by atoms with E-state index in [4.69, 9.17) is 9.47 Å². The summed E-state index contributed by atoms with van der Waals surface area (Å²) in [5, 5.41) is 0. The van der Waals surface area contributed by atoms with E-state index in [1.54, 1.807) is 7.11 Å². The molecular weight excluding hydrogens is 302 g/mol. The Morgan fingerprint density at radius 2 is 1.79 bits per heavy atom. The molecule has 0 saturated carbocycles. The third-order valence-electron chi connectivity index (χ3n) is 4.62. The zero-order valence-corrected chi connectivity index (χ0v) is 14.3. The van der Waals surface area contributed by atoms with E-state index in [9.17, 15) is 4.79 Å². The lowest BCUT2D eigenvalue weighted by molar-refractivity contribution is -0.141. The standard InChI is InChI=1S/C20H23NO3/c1-14(16-9-5-4-6-10-16)21-18(13-24-15(2)22)20(21)17-11-7-8-12-19(17)23-3/h4-12,14,18,20H,13H2,1-3H3/t14-,18+,20-,21?/m1/s1. The first-order valence-electron chi connectivity index (χ1n) is 8.22. The maximum atomic E-state index is 11.2. The molecule has 0 aliphatic carbocycles. The average molecular weight is 325 g/mol. The van der Waals surface area contributed by atoms with E-state index in [1.165, 1.54) is 12.5 Å². The fourth-order valence-corrected chi connectivity index (χ4v) is 3.39. The monoisotopic (exact) mass is 325 g/mol. The summed E-state index contributed by atoms with van der Waals surface area (Å²) in [7, 11) is 1.69. The van der Waals surface area contributed by atoms with Crippen molar-refractivity contribution in [3.8, 4) is 5.75 Å². The first-order chi connectivity index (χ1) is 11.6. The predicted molar refractivity (Wildman–Crippen MR) is 92.9 cm³/mol. The highest BCUT2D eigenvalue weighted by Gasteiger charge is 2.52. The predicted octanol–water partition coefficient (Wildman–Crippen LogP) is 3.74. The van der Waals surface area contributed by atoms with Crippen LogP contribution in [-0.2, 0) is 9.53 Å². The number of methoxy groups -OCH3 is 1. The Labute approximate surface area is 143 Å². The highest BCUT2D eigenvalue weighted by molar-refractivity contribution is 5.66. The van der Waals surface area contributed by atoms with Crippen LogP contribution in [0.2, 0.25) is 0 Å². The zero-order chi connectivity index (χ0) is 17.1. The number of para-hydroxylation sites is 1. The second-order valence-corrected chi connectivity index (χ2v) is 6.09. The number of benzene rings is 2. The van der Waals surface area contributed by atoms with Gasteiger partial charge in [-0.25, -0.2) is 0 Å². The Balaban J connectivity index is 1.86. The maximum absolute atomic E-state index is 11.2. The van der Waals surface area contributed by atoms with Crippen molar-refractivity contribution in [3.05, 3.63) is 65.7 Å². The van der Waals surface area contributed by atoms with Gasteiger partial charge in [0.1, 0.15) is 12.4 Å². The molecule has 2 aromatic rings. The summed E-state index contributed by atoms with van der Waals surface area (Å²) in [4.78, 5) is 13.6. The van der Waals surface area contributed by atoms with Gasteiger partial charge < -0.3 is 9.47 Å². The number of carbonyl (C=O) groups excluding carboxylic acids is 1. The molecule has 0 N–H and O–H groups in total. The van der Waals surface area contributed by atoms with Gasteiger partial charge in [0.05, 0.1) is 19.2 Å². The van der Waals surface area contributed by atoms with E-state index >= 15 is 0 Å². The molecule has 3 rings (SSSR count). The van der Waals surface area contributed by atoms with Crippen LogP contribution in [-0.4, -0.2) is 30.6 Å². The average Bonchev–Trinajstić information content (AvgIpc) is 3.34. The van der Waals surface area contributed by atoms with Crippen LogP contribution in [0.4, 0.5) is 0 Å². The van der Waals surface area contributed by atoms with Gasteiger partial charge in [-0.3, -0.25) is 9.69 Å². The minimum Gasteiger partial charge on any atom is -0.496 e. The Kier molecular flexibility index (Phi) is 4.86. The summed E-state index contributed by atoms with van der Waals surface area (Å²) < 4.78 is 10.8. The molecule has 0 bridgehead atoms. The van der Waals surface area contributed by atoms with E-state index in [2.05, 4.69) is 42.2 Å². The number of esters is 1. The normalized spacial score (nSPS) is 23.4. The molecule has 0 radical (unpaired) electrons. The largest absolute Gasteiger partial charge is 0.496 e. The van der Waals surface area contributed by atoms with Crippen molar-refractivity contribution in [1.29, 1.82) is 0 Å². The molecule has 1 aliphatic heterocycles. The van der Waals surface area contributed by atoms with Crippen molar-refractivity contribution in [2.24, 2.45) is 0 Å². The highest BCUT2D eigenvalue weighted by Crippen LogP contribution is 2.51. The number of rotatable bonds is 6. The molecule has 0 amide bonds. The molecule has 0 aromatic heterocycles. The van der Waals surface area contributed by atoms with E-state index < -0.39 is 0 Å². The van der Waals surface area contributed by atoms with Crippen LogP contribution in [0.1, 0.15) is 37.1 Å². The molecule has 1 heterocycles. The van der Waals surface area contributed by atoms with E-state index in [0.29, 0.717) is 6.61 Å². The van der Waals surface area contributed by atoms with Crippen molar-refractivity contribution in [1.82, 2.24) is 4.90 Å². The number of hydrogen-bond donors (Lipinski definition) is 0. The summed E-state index contributed by atoms with van der Waals surface area (Å²) in [6, 6.07) is 19.0. The summed E-state index contributed by atoms with van der Waals surface area (Å²) in [6.45, 7) is 4.03. The second kappa shape index (κ2) is 7.05. The van der Waals surface area contributed by atoms with Crippen LogP contribution in [0.15, 0.2) is 54.6 Å². The van der Waals surface area contributed by atoms with E-state index in [-0.39, 0.29) is 24.1 Å². The minimum absolute atomic E-state index is 0.167. The second-order valence-electron chi connectivity index (χ2n) is 6.09. The summed E-state index contributed by atoms with van der Waals surface area (Å²) >= 11 is 0. The van der Waals surface area contributed by atoms with E-state index in [1.807, 2.05) is 24.3 Å². The molecule has 1 unspecified atom stereocenters. The fraction of sp³-hybridized carbons (Fsp3) is 0.350. The van der Waals surface area contributed by atoms with Gasteiger partial charge in [-0.1, -0.05) is 48.5 Å². The molecule has 126 valence electrons. The molecule has 1 aliphatic rings. The highest BCUT2D eigenvalue weighted by atomic mass is 16.5. The van der Waals surface area contributed by atoms with Crippen molar-refractivity contribution in [2.45, 2.75) is 32.0 Å². The van der Waals surface area contributed by atoms with Gasteiger partial charge in [-0.2, -0.15) is 0 Å². The Morgan fingerprint density at radius 1 is 1.12 bits per heavy atom. The number of carbonyl (C=O) groups is 1. The van der Waals surface area contributed by atoms with E-state index in [0.717, 1.165) is 11.3 Å². The quantitative estimate of drug-likeness (QED) is 0.599. The van der Waals surface area contributed by atoms with Gasteiger partial charge in [-0.05, 0) is 18.6 Å². The van der Waals surface area contributed by atoms with Gasteiger partial charge in [0.25, 0.3) is 0 Å². The zero-order valence-electron chi connectivity index (χ0n) is 14.3. The molecule has 4 heteroatoms. The summed E-state index contributed by atoms with van der Waals surface area (Å²) in [6.07, 6.45) is 0. The molecule has 24 heavy (non-hydrogen) atoms. The SMILES string of the molecule is COc1ccccc1[C@@H]1[C@H](COC(C)=O)N1[C@H](C)c1ccccc1. The minimum atomic E-state index is -0.243. The Hall–Kier alpha value is -2.33. The Bertz CT molecular complexity index is 701. The summed E-state index contributed by atoms with van der Waals surface area (Å²) in [5.74, 6) is 0.631. The molecule has 4 atom stereocenters.